The number of urea groups is 1. The van der Waals surface area contributed by atoms with Crippen molar-refractivity contribution in [3.8, 4) is 11.4 Å². The minimum absolute atomic E-state index is 0.283. The molecule has 1 unspecified atom stereocenters. The molecular formula is C27H28ClN5O2S. The highest BCUT2D eigenvalue weighted by Gasteiger charge is 2.22. The Balaban J connectivity index is 1.56. The normalized spacial score (nSPS) is 11.7. The Morgan fingerprint density at radius 2 is 1.83 bits per heavy atom. The number of rotatable bonds is 9. The molecule has 2 N–H and O–H groups in total. The lowest BCUT2D eigenvalue weighted by Gasteiger charge is -2.18. The van der Waals surface area contributed by atoms with Gasteiger partial charge in [0.25, 0.3) is 0 Å². The first-order valence-electron chi connectivity index (χ1n) is 11.5. The summed E-state index contributed by atoms with van der Waals surface area (Å²) in [4.78, 5) is 12.6. The number of aromatic nitrogens is 3. The van der Waals surface area contributed by atoms with Crippen molar-refractivity contribution < 1.29 is 9.53 Å². The molecular weight excluding hydrogens is 494 g/mol. The first-order valence-corrected chi connectivity index (χ1v) is 12.9. The smallest absolute Gasteiger partial charge is 0.315 e. The third kappa shape index (κ3) is 6.38. The van der Waals surface area contributed by atoms with Gasteiger partial charge in [-0.05, 0) is 54.8 Å². The van der Waals surface area contributed by atoms with Gasteiger partial charge in [0.15, 0.2) is 11.0 Å². The number of thioether (sulfide) groups is 1. The van der Waals surface area contributed by atoms with E-state index in [1.165, 1.54) is 0 Å². The maximum Gasteiger partial charge on any atom is 0.315 e. The number of halogens is 1. The van der Waals surface area contributed by atoms with Crippen molar-refractivity contribution in [1.82, 2.24) is 25.4 Å². The molecule has 9 heteroatoms. The van der Waals surface area contributed by atoms with Gasteiger partial charge in [-0.15, -0.1) is 10.2 Å². The summed E-state index contributed by atoms with van der Waals surface area (Å²) in [5.74, 6) is 2.09. The molecule has 0 aliphatic carbocycles. The number of carbonyl (C=O) groups excluding carboxylic acids is 1. The predicted molar refractivity (Wildman–Crippen MR) is 144 cm³/mol. The van der Waals surface area contributed by atoms with Crippen molar-refractivity contribution in [3.05, 3.63) is 100 Å². The van der Waals surface area contributed by atoms with E-state index in [1.807, 2.05) is 91.2 Å². The van der Waals surface area contributed by atoms with Crippen LogP contribution in [0.5, 0.6) is 5.75 Å². The van der Waals surface area contributed by atoms with E-state index in [9.17, 15) is 4.79 Å². The largest absolute Gasteiger partial charge is 0.497 e. The molecule has 0 radical (unpaired) electrons. The zero-order valence-electron chi connectivity index (χ0n) is 20.4. The molecule has 0 aliphatic heterocycles. The van der Waals surface area contributed by atoms with Crippen LogP contribution >= 0.6 is 23.4 Å². The van der Waals surface area contributed by atoms with Crippen molar-refractivity contribution >= 4 is 29.4 Å². The first kappa shape index (κ1) is 25.6. The van der Waals surface area contributed by atoms with Crippen molar-refractivity contribution in [2.75, 3.05) is 7.11 Å². The molecule has 2 amide bonds. The van der Waals surface area contributed by atoms with Gasteiger partial charge in [-0.3, -0.25) is 4.57 Å². The number of amides is 2. The zero-order valence-corrected chi connectivity index (χ0v) is 21.9. The van der Waals surface area contributed by atoms with Crippen LogP contribution < -0.4 is 15.4 Å². The summed E-state index contributed by atoms with van der Waals surface area (Å²) in [6.45, 7) is 4.33. The zero-order chi connectivity index (χ0) is 25.5. The number of carbonyl (C=O) groups is 1. The summed E-state index contributed by atoms with van der Waals surface area (Å²) in [5.41, 5.74) is 4.01. The average Bonchev–Trinajstić information content (AvgIpc) is 3.32. The van der Waals surface area contributed by atoms with E-state index in [2.05, 4.69) is 20.8 Å². The van der Waals surface area contributed by atoms with Crippen LogP contribution in [0, 0.1) is 6.92 Å². The van der Waals surface area contributed by atoms with Crippen LogP contribution in [0.25, 0.3) is 5.69 Å². The summed E-state index contributed by atoms with van der Waals surface area (Å²) in [7, 11) is 1.65. The average molecular weight is 522 g/mol. The summed E-state index contributed by atoms with van der Waals surface area (Å²) >= 11 is 7.91. The Kier molecular flexibility index (Phi) is 8.51. The number of aryl methyl sites for hydroxylation is 1. The number of nitrogens with zero attached hydrogens (tertiary/aromatic N) is 3. The summed E-state index contributed by atoms with van der Waals surface area (Å²) in [6.07, 6.45) is 0. The fraction of sp³-hybridized carbons (Fsp3) is 0.222. The van der Waals surface area contributed by atoms with E-state index in [0.717, 1.165) is 28.1 Å². The number of hydrogen-bond acceptors (Lipinski definition) is 5. The standard InChI is InChI=1S/C27H28ClN5O2S/c1-18-12-13-22(28)15-24(18)33-25(19(2)30-26(34)29-16-20-8-5-4-6-9-20)31-32-27(33)36-17-21-10-7-11-23(14-21)35-3/h4-15,19H,16-17H2,1-3H3,(H2,29,30,34). The lowest BCUT2D eigenvalue weighted by molar-refractivity contribution is 0.237. The van der Waals surface area contributed by atoms with E-state index in [0.29, 0.717) is 28.3 Å². The maximum atomic E-state index is 12.6. The van der Waals surface area contributed by atoms with Crippen LogP contribution in [0.1, 0.15) is 35.5 Å². The number of nitrogens with one attached hydrogen (secondary N) is 2. The van der Waals surface area contributed by atoms with Crippen LogP contribution in [-0.4, -0.2) is 27.9 Å². The molecule has 0 fully saturated rings. The number of benzene rings is 3. The van der Waals surface area contributed by atoms with Crippen molar-refractivity contribution in [1.29, 1.82) is 0 Å². The molecule has 1 heterocycles. The van der Waals surface area contributed by atoms with Crippen LogP contribution in [0.4, 0.5) is 4.79 Å². The molecule has 0 aliphatic rings. The van der Waals surface area contributed by atoms with Gasteiger partial charge in [-0.1, -0.05) is 71.9 Å². The van der Waals surface area contributed by atoms with Gasteiger partial charge in [-0.25, -0.2) is 4.79 Å². The van der Waals surface area contributed by atoms with Crippen molar-refractivity contribution in [2.24, 2.45) is 0 Å². The van der Waals surface area contributed by atoms with Gasteiger partial charge < -0.3 is 15.4 Å². The van der Waals surface area contributed by atoms with E-state index in [-0.39, 0.29) is 6.03 Å². The maximum absolute atomic E-state index is 12.6. The van der Waals surface area contributed by atoms with Crippen LogP contribution in [-0.2, 0) is 12.3 Å². The van der Waals surface area contributed by atoms with Gasteiger partial charge in [-0.2, -0.15) is 0 Å². The second-order valence-electron chi connectivity index (χ2n) is 8.28. The van der Waals surface area contributed by atoms with Gasteiger partial charge in [0.05, 0.1) is 18.8 Å². The molecule has 4 aromatic rings. The molecule has 3 aromatic carbocycles. The Morgan fingerprint density at radius 1 is 1.06 bits per heavy atom. The fourth-order valence-corrected chi connectivity index (χ4v) is 4.77. The van der Waals surface area contributed by atoms with E-state index in [1.54, 1.807) is 18.9 Å². The molecule has 0 saturated carbocycles. The number of methoxy groups -OCH3 is 1. The summed E-state index contributed by atoms with van der Waals surface area (Å²) in [6, 6.07) is 22.7. The molecule has 36 heavy (non-hydrogen) atoms. The highest BCUT2D eigenvalue weighted by molar-refractivity contribution is 7.98. The molecule has 1 aromatic heterocycles. The van der Waals surface area contributed by atoms with Gasteiger partial charge in [0, 0.05) is 17.3 Å². The third-order valence-electron chi connectivity index (χ3n) is 5.60. The van der Waals surface area contributed by atoms with E-state index in [4.69, 9.17) is 16.3 Å². The lowest BCUT2D eigenvalue weighted by Crippen LogP contribution is -2.37. The molecule has 186 valence electrons. The van der Waals surface area contributed by atoms with Crippen molar-refractivity contribution in [3.63, 3.8) is 0 Å². The monoisotopic (exact) mass is 521 g/mol. The summed E-state index contributed by atoms with van der Waals surface area (Å²) in [5, 5.41) is 16.1. The highest BCUT2D eigenvalue weighted by atomic mass is 35.5. The molecule has 0 spiro atoms. The van der Waals surface area contributed by atoms with Gasteiger partial charge in [0.2, 0.25) is 0 Å². The Labute approximate surface area is 220 Å². The van der Waals surface area contributed by atoms with Crippen LogP contribution in [0.3, 0.4) is 0 Å². The number of ether oxygens (including phenoxy) is 1. The number of hydrogen-bond donors (Lipinski definition) is 2. The Hall–Kier alpha value is -3.49. The summed E-state index contributed by atoms with van der Waals surface area (Å²) < 4.78 is 7.31. The molecule has 0 bridgehead atoms. The second kappa shape index (κ2) is 12.0. The van der Waals surface area contributed by atoms with E-state index < -0.39 is 6.04 Å². The molecule has 4 rings (SSSR count). The lowest BCUT2D eigenvalue weighted by atomic mass is 10.2. The van der Waals surface area contributed by atoms with Crippen LogP contribution in [0.2, 0.25) is 5.02 Å². The van der Waals surface area contributed by atoms with Gasteiger partial charge in [0.1, 0.15) is 5.75 Å². The van der Waals surface area contributed by atoms with E-state index >= 15 is 0 Å². The van der Waals surface area contributed by atoms with Gasteiger partial charge >= 0.3 is 6.03 Å². The van der Waals surface area contributed by atoms with Crippen LogP contribution in [0.15, 0.2) is 78.0 Å². The molecule has 0 saturated heterocycles. The fourth-order valence-electron chi connectivity index (χ4n) is 3.71. The minimum atomic E-state index is -0.405. The minimum Gasteiger partial charge on any atom is -0.497 e. The molecule has 7 nitrogen and oxygen atoms in total. The third-order valence-corrected chi connectivity index (χ3v) is 6.84. The Bertz CT molecular complexity index is 1330. The van der Waals surface area contributed by atoms with Crippen molar-refractivity contribution in [2.45, 2.75) is 37.3 Å². The SMILES string of the molecule is COc1cccc(CSc2nnc(C(C)NC(=O)NCc3ccccc3)n2-c2cc(Cl)ccc2C)c1. The predicted octanol–water partition coefficient (Wildman–Crippen LogP) is 6.09. The highest BCUT2D eigenvalue weighted by Crippen LogP contribution is 2.31. The quantitative estimate of drug-likeness (QED) is 0.260. The topological polar surface area (TPSA) is 81.1 Å². The second-order valence-corrected chi connectivity index (χ2v) is 9.66. The Morgan fingerprint density at radius 3 is 2.61 bits per heavy atom. The molecule has 1 atom stereocenters. The first-order chi connectivity index (χ1) is 17.4.